The fourth-order valence-corrected chi connectivity index (χ4v) is 12.5. The molecule has 6 rings (SSSR count). The summed E-state index contributed by atoms with van der Waals surface area (Å²) in [4.78, 5) is 27.1. The van der Waals surface area contributed by atoms with Crippen LogP contribution >= 0.6 is 23.2 Å². The van der Waals surface area contributed by atoms with E-state index in [1.54, 1.807) is 18.2 Å². The lowest BCUT2D eigenvalue weighted by atomic mass is 9.88. The van der Waals surface area contributed by atoms with Gasteiger partial charge in [0, 0.05) is 38.3 Å². The number of carboxylic acid groups (broad SMARTS) is 2. The van der Waals surface area contributed by atoms with Crippen LogP contribution in [0, 0.1) is 23.7 Å². The number of hydrogen-bond donors (Lipinski definition) is 4. The van der Waals surface area contributed by atoms with Crippen molar-refractivity contribution in [2.24, 2.45) is 23.7 Å². The number of sulfonamides is 2. The monoisotopic (exact) mass is 826 g/mol. The maximum Gasteiger partial charge on any atom is 0.306 e. The van der Waals surface area contributed by atoms with Gasteiger partial charge in [0.25, 0.3) is 0 Å². The Labute approximate surface area is 329 Å². The fraction of sp³-hybridized carbons (Fsp3) is 0.632. The first-order valence-corrected chi connectivity index (χ1v) is 23.0. The smallest absolute Gasteiger partial charge is 0.306 e. The molecular weight excluding hydrogens is 775 g/mol. The molecule has 298 valence electrons. The second-order valence-corrected chi connectivity index (χ2v) is 19.9. The van der Waals surface area contributed by atoms with Gasteiger partial charge in [0.05, 0.1) is 38.2 Å². The minimum absolute atomic E-state index is 0.0343. The average Bonchev–Trinajstić information content (AvgIpc) is 3.80. The quantitative estimate of drug-likeness (QED) is 0.141. The standard InChI is InChI=1S/C38H52Cl2N4O8S2/c39-32-24-31(53(49,50)41-29-10-8-27(22-29)37(45)46)12-13-33(32)43-18-14-25(15-19-43)4-1-2-5-26-16-20-44(21-17-26)34-6-3-7-35(36(34)40)54(51,52)42-30-11-9-28(23-30)38(47)48/h3,6-7,12-13,24-30,41-42H,1-2,4-5,8-11,14-23H2,(H,45,46)(H,47,48). The molecule has 2 aromatic carbocycles. The van der Waals surface area contributed by atoms with Gasteiger partial charge in [0.1, 0.15) is 4.90 Å². The third-order valence-corrected chi connectivity index (χ3v) is 15.9. The summed E-state index contributed by atoms with van der Waals surface area (Å²) in [5.74, 6) is -1.58. The second-order valence-electron chi connectivity index (χ2n) is 15.7. The van der Waals surface area contributed by atoms with Crippen LogP contribution in [0.4, 0.5) is 11.4 Å². The summed E-state index contributed by atoms with van der Waals surface area (Å²) < 4.78 is 57.8. The van der Waals surface area contributed by atoms with Crippen LogP contribution in [0.15, 0.2) is 46.2 Å². The zero-order chi connectivity index (χ0) is 38.6. The lowest BCUT2D eigenvalue weighted by Gasteiger charge is -2.35. The van der Waals surface area contributed by atoms with Gasteiger partial charge < -0.3 is 20.0 Å². The van der Waals surface area contributed by atoms with Gasteiger partial charge in [-0.2, -0.15) is 0 Å². The Kier molecular flexibility index (Phi) is 13.4. The van der Waals surface area contributed by atoms with E-state index in [1.807, 2.05) is 6.07 Å². The van der Waals surface area contributed by atoms with E-state index in [9.17, 15) is 36.6 Å². The first kappa shape index (κ1) is 41.0. The zero-order valence-corrected chi connectivity index (χ0v) is 33.6. The van der Waals surface area contributed by atoms with Crippen molar-refractivity contribution in [3.8, 4) is 0 Å². The van der Waals surface area contributed by atoms with E-state index in [0.29, 0.717) is 49.0 Å². The summed E-state index contributed by atoms with van der Waals surface area (Å²) in [6, 6.07) is 9.13. The molecule has 54 heavy (non-hydrogen) atoms. The lowest BCUT2D eigenvalue weighted by molar-refractivity contribution is -0.142. The molecule has 2 aliphatic heterocycles. The van der Waals surface area contributed by atoms with E-state index in [1.165, 1.54) is 31.4 Å². The maximum atomic E-state index is 13.2. The minimum Gasteiger partial charge on any atom is -0.481 e. The molecule has 2 aromatic rings. The zero-order valence-electron chi connectivity index (χ0n) is 30.5. The van der Waals surface area contributed by atoms with Gasteiger partial charge in [-0.3, -0.25) is 9.59 Å². The van der Waals surface area contributed by atoms with Crippen LogP contribution in [-0.4, -0.2) is 77.2 Å². The Balaban J connectivity index is 0.898. The van der Waals surface area contributed by atoms with Crippen molar-refractivity contribution >= 4 is 66.6 Å². The number of anilines is 2. The molecule has 0 amide bonds. The number of unbranched alkanes of at least 4 members (excludes halogenated alkanes) is 1. The van der Waals surface area contributed by atoms with E-state index in [2.05, 4.69) is 19.2 Å². The largest absolute Gasteiger partial charge is 0.481 e. The highest BCUT2D eigenvalue weighted by Crippen LogP contribution is 2.37. The first-order valence-electron chi connectivity index (χ1n) is 19.3. The average molecular weight is 828 g/mol. The number of piperidine rings is 2. The van der Waals surface area contributed by atoms with E-state index >= 15 is 0 Å². The highest BCUT2D eigenvalue weighted by molar-refractivity contribution is 7.89. The van der Waals surface area contributed by atoms with Crippen LogP contribution in [0.2, 0.25) is 10.0 Å². The van der Waals surface area contributed by atoms with Crippen LogP contribution in [0.5, 0.6) is 0 Å². The SMILES string of the molecule is O=C(O)C1CCC(NS(=O)(=O)c2ccc(N3CCC(CCCCC4CCN(c5cccc(S(=O)(=O)NC6CCC(C(=O)O)C6)c5Cl)CC4)CC3)c(Cl)c2)C1. The lowest BCUT2D eigenvalue weighted by Crippen LogP contribution is -2.35. The molecule has 0 radical (unpaired) electrons. The molecule has 4 N–H and O–H groups in total. The van der Waals surface area contributed by atoms with Crippen molar-refractivity contribution < 1.29 is 36.6 Å². The van der Waals surface area contributed by atoms with Crippen molar-refractivity contribution in [2.45, 2.75) is 112 Å². The molecule has 2 saturated heterocycles. The van der Waals surface area contributed by atoms with Gasteiger partial charge in [0.15, 0.2) is 0 Å². The second kappa shape index (κ2) is 17.7. The van der Waals surface area contributed by atoms with Crippen molar-refractivity contribution in [1.82, 2.24) is 9.44 Å². The van der Waals surface area contributed by atoms with Gasteiger partial charge in [-0.25, -0.2) is 26.3 Å². The molecule has 0 spiro atoms. The highest BCUT2D eigenvalue weighted by atomic mass is 35.5. The number of carboxylic acids is 2. The van der Waals surface area contributed by atoms with E-state index in [0.717, 1.165) is 69.7 Å². The molecule has 4 fully saturated rings. The molecule has 2 aliphatic carbocycles. The molecular formula is C38H52Cl2N4O8S2. The normalized spacial score (nSPS) is 24.6. The highest BCUT2D eigenvalue weighted by Gasteiger charge is 2.35. The molecule has 16 heteroatoms. The van der Waals surface area contributed by atoms with Gasteiger partial charge in [-0.1, -0.05) is 55.0 Å². The number of nitrogens with zero attached hydrogens (tertiary/aromatic N) is 2. The van der Waals surface area contributed by atoms with E-state index in [4.69, 9.17) is 23.2 Å². The Morgan fingerprint density at radius 1 is 0.667 bits per heavy atom. The van der Waals surface area contributed by atoms with Crippen LogP contribution in [0.3, 0.4) is 0 Å². The van der Waals surface area contributed by atoms with E-state index in [-0.39, 0.29) is 21.2 Å². The van der Waals surface area contributed by atoms with Crippen LogP contribution in [0.1, 0.15) is 89.9 Å². The summed E-state index contributed by atoms with van der Waals surface area (Å²) in [5.41, 5.74) is 1.55. The number of carbonyl (C=O) groups is 2. The molecule has 2 saturated carbocycles. The van der Waals surface area contributed by atoms with Crippen LogP contribution < -0.4 is 19.2 Å². The van der Waals surface area contributed by atoms with Crippen molar-refractivity contribution in [2.75, 3.05) is 36.0 Å². The van der Waals surface area contributed by atoms with Gasteiger partial charge in [0.2, 0.25) is 20.0 Å². The van der Waals surface area contributed by atoms with E-state index < -0.39 is 55.9 Å². The van der Waals surface area contributed by atoms with Crippen molar-refractivity contribution in [3.05, 3.63) is 46.4 Å². The topological polar surface area (TPSA) is 173 Å². The van der Waals surface area contributed by atoms with Gasteiger partial charge in [-0.15, -0.1) is 0 Å². The molecule has 4 aliphatic rings. The molecule has 0 bridgehead atoms. The van der Waals surface area contributed by atoms with Crippen LogP contribution in [0.25, 0.3) is 0 Å². The van der Waals surface area contributed by atoms with Crippen LogP contribution in [-0.2, 0) is 29.6 Å². The first-order chi connectivity index (χ1) is 25.7. The predicted molar refractivity (Wildman–Crippen MR) is 209 cm³/mol. The Morgan fingerprint density at radius 2 is 1.17 bits per heavy atom. The van der Waals surface area contributed by atoms with Gasteiger partial charge in [-0.05, 0) is 106 Å². The maximum absolute atomic E-state index is 13.2. The summed E-state index contributed by atoms with van der Waals surface area (Å²) in [6.07, 6.45) is 11.3. The van der Waals surface area contributed by atoms with Crippen molar-refractivity contribution in [3.63, 3.8) is 0 Å². The Morgan fingerprint density at radius 3 is 1.65 bits per heavy atom. The molecule has 12 nitrogen and oxygen atoms in total. The molecule has 2 heterocycles. The summed E-state index contributed by atoms with van der Waals surface area (Å²) in [7, 11) is -7.71. The summed E-state index contributed by atoms with van der Waals surface area (Å²) in [5, 5.41) is 19.1. The summed E-state index contributed by atoms with van der Waals surface area (Å²) in [6.45, 7) is 3.34. The number of aliphatic carboxylic acids is 2. The third-order valence-electron chi connectivity index (χ3n) is 12.1. The number of benzene rings is 2. The molecule has 4 unspecified atom stereocenters. The minimum atomic E-state index is -3.90. The third kappa shape index (κ3) is 10.0. The van der Waals surface area contributed by atoms with Gasteiger partial charge >= 0.3 is 11.9 Å². The Hall–Kier alpha value is -2.62. The van der Waals surface area contributed by atoms with Crippen molar-refractivity contribution in [1.29, 1.82) is 0 Å². The number of rotatable bonds is 15. The Bertz CT molecular complexity index is 1880. The predicted octanol–water partition coefficient (Wildman–Crippen LogP) is 6.75. The molecule has 0 aromatic heterocycles. The number of nitrogens with one attached hydrogen (secondary N) is 2. The summed E-state index contributed by atoms with van der Waals surface area (Å²) >= 11 is 13.3. The fourth-order valence-electron chi connectivity index (χ4n) is 8.85. The number of halogens is 2. The molecule has 4 atom stereocenters. The number of hydrogen-bond acceptors (Lipinski definition) is 8.